The summed E-state index contributed by atoms with van der Waals surface area (Å²) >= 11 is 0. The van der Waals surface area contributed by atoms with Crippen molar-refractivity contribution in [3.63, 3.8) is 0 Å². The lowest BCUT2D eigenvalue weighted by molar-refractivity contribution is 0.628. The van der Waals surface area contributed by atoms with Gasteiger partial charge < -0.3 is 4.90 Å². The number of benzene rings is 10. The minimum Gasteiger partial charge on any atom is -0.310 e. The van der Waals surface area contributed by atoms with Gasteiger partial charge in [-0.15, -0.1) is 0 Å². The Kier molecular flexibility index (Phi) is 8.42. The zero-order chi connectivity index (χ0) is 37.4. The summed E-state index contributed by atoms with van der Waals surface area (Å²) in [6.45, 7) is 0. The van der Waals surface area contributed by atoms with E-state index in [0.717, 1.165) is 61.2 Å². The normalized spacial score (nSPS) is 11.3. The standard InChI is InChI=1S/C54H36FN/c55-45-20-9-19-43(34-45)51-23-11-18-41-17-10-22-50(54(41)51)40-26-29-46(30-27-40)56(47-31-32-49-44(35-47)25-24-39-16-7-8-21-48(39)49)53-33-28-42(37-12-3-1-4-13-37)36-52(53)38-14-5-2-6-15-38/h1-36H. The molecule has 264 valence electrons. The Bertz CT molecular complexity index is 3020. The Morgan fingerprint density at radius 2 is 0.875 bits per heavy atom. The van der Waals surface area contributed by atoms with Gasteiger partial charge in [-0.05, 0) is 120 Å². The van der Waals surface area contributed by atoms with Crippen LogP contribution in [-0.4, -0.2) is 0 Å². The van der Waals surface area contributed by atoms with E-state index < -0.39 is 0 Å². The first-order chi connectivity index (χ1) is 27.7. The van der Waals surface area contributed by atoms with Crippen LogP contribution >= 0.6 is 0 Å². The summed E-state index contributed by atoms with van der Waals surface area (Å²) < 4.78 is 14.5. The summed E-state index contributed by atoms with van der Waals surface area (Å²) in [7, 11) is 0. The predicted molar refractivity (Wildman–Crippen MR) is 235 cm³/mol. The van der Waals surface area contributed by atoms with Gasteiger partial charge in [0.1, 0.15) is 5.82 Å². The van der Waals surface area contributed by atoms with E-state index in [9.17, 15) is 4.39 Å². The van der Waals surface area contributed by atoms with Crippen molar-refractivity contribution in [3.8, 4) is 44.5 Å². The average molecular weight is 718 g/mol. The highest BCUT2D eigenvalue weighted by Crippen LogP contribution is 2.45. The molecule has 56 heavy (non-hydrogen) atoms. The fourth-order valence-electron chi connectivity index (χ4n) is 8.23. The van der Waals surface area contributed by atoms with Crippen molar-refractivity contribution < 1.29 is 4.39 Å². The maximum absolute atomic E-state index is 14.5. The third-order valence-electron chi connectivity index (χ3n) is 10.9. The van der Waals surface area contributed by atoms with E-state index in [1.165, 1.54) is 38.7 Å². The van der Waals surface area contributed by atoms with Gasteiger partial charge in [-0.1, -0.05) is 170 Å². The highest BCUT2D eigenvalue weighted by Gasteiger charge is 2.20. The minimum atomic E-state index is -0.241. The number of hydrogen-bond donors (Lipinski definition) is 0. The van der Waals surface area contributed by atoms with Crippen LogP contribution in [0.5, 0.6) is 0 Å². The van der Waals surface area contributed by atoms with Crippen molar-refractivity contribution in [2.24, 2.45) is 0 Å². The van der Waals surface area contributed by atoms with E-state index in [0.29, 0.717) is 0 Å². The maximum Gasteiger partial charge on any atom is 0.123 e. The largest absolute Gasteiger partial charge is 0.310 e. The van der Waals surface area contributed by atoms with Crippen LogP contribution in [0.1, 0.15) is 0 Å². The molecule has 0 atom stereocenters. The zero-order valence-electron chi connectivity index (χ0n) is 30.6. The van der Waals surface area contributed by atoms with E-state index in [4.69, 9.17) is 0 Å². The molecular weight excluding hydrogens is 682 g/mol. The summed E-state index contributed by atoms with van der Waals surface area (Å²) in [6, 6.07) is 76.4. The fraction of sp³-hybridized carbons (Fsp3) is 0. The van der Waals surface area contributed by atoms with Gasteiger partial charge in [0.25, 0.3) is 0 Å². The first-order valence-corrected chi connectivity index (χ1v) is 19.0. The van der Waals surface area contributed by atoms with Gasteiger partial charge >= 0.3 is 0 Å². The second-order valence-electron chi connectivity index (χ2n) is 14.3. The van der Waals surface area contributed by atoms with Crippen LogP contribution < -0.4 is 4.90 Å². The van der Waals surface area contributed by atoms with Crippen molar-refractivity contribution in [1.82, 2.24) is 0 Å². The smallest absolute Gasteiger partial charge is 0.123 e. The predicted octanol–water partition coefficient (Wildman–Crippen LogP) is 15.4. The quantitative estimate of drug-likeness (QED) is 0.148. The number of rotatable bonds is 7. The minimum absolute atomic E-state index is 0.241. The first kappa shape index (κ1) is 33.3. The molecule has 0 bridgehead atoms. The molecule has 0 saturated carbocycles. The molecule has 0 heterocycles. The molecule has 0 amide bonds. The van der Waals surface area contributed by atoms with Crippen molar-refractivity contribution in [2.75, 3.05) is 4.90 Å². The topological polar surface area (TPSA) is 3.24 Å². The molecule has 0 unspecified atom stereocenters. The van der Waals surface area contributed by atoms with E-state index in [-0.39, 0.29) is 5.82 Å². The fourth-order valence-corrected chi connectivity index (χ4v) is 8.23. The lowest BCUT2D eigenvalue weighted by atomic mass is 9.91. The van der Waals surface area contributed by atoms with E-state index in [1.807, 2.05) is 12.1 Å². The molecule has 10 aromatic rings. The summed E-state index contributed by atoms with van der Waals surface area (Å²) in [5.41, 5.74) is 11.9. The molecule has 0 aliphatic heterocycles. The average Bonchev–Trinajstić information content (AvgIpc) is 3.27. The molecule has 10 rings (SSSR count). The van der Waals surface area contributed by atoms with Crippen molar-refractivity contribution >= 4 is 49.4 Å². The number of nitrogens with zero attached hydrogens (tertiary/aromatic N) is 1. The Balaban J connectivity index is 1.16. The molecule has 10 aromatic carbocycles. The summed E-state index contributed by atoms with van der Waals surface area (Å²) in [4.78, 5) is 2.39. The van der Waals surface area contributed by atoms with Gasteiger partial charge in [0.05, 0.1) is 5.69 Å². The highest BCUT2D eigenvalue weighted by molar-refractivity contribution is 6.09. The van der Waals surface area contributed by atoms with E-state index >= 15 is 0 Å². The van der Waals surface area contributed by atoms with Crippen LogP contribution in [0.3, 0.4) is 0 Å². The first-order valence-electron chi connectivity index (χ1n) is 19.0. The Morgan fingerprint density at radius 1 is 0.304 bits per heavy atom. The number of anilines is 3. The third-order valence-corrected chi connectivity index (χ3v) is 10.9. The van der Waals surface area contributed by atoms with E-state index in [1.54, 1.807) is 12.1 Å². The van der Waals surface area contributed by atoms with Gasteiger partial charge in [0.2, 0.25) is 0 Å². The van der Waals surface area contributed by atoms with Crippen molar-refractivity contribution in [3.05, 3.63) is 224 Å². The van der Waals surface area contributed by atoms with Gasteiger partial charge in [0.15, 0.2) is 0 Å². The maximum atomic E-state index is 14.5. The molecule has 2 heteroatoms. The molecule has 0 aliphatic carbocycles. The summed E-state index contributed by atoms with van der Waals surface area (Å²) in [5.74, 6) is -0.241. The number of fused-ring (bicyclic) bond motifs is 4. The molecule has 0 spiro atoms. The van der Waals surface area contributed by atoms with Crippen LogP contribution in [0.2, 0.25) is 0 Å². The second kappa shape index (κ2) is 14.2. The van der Waals surface area contributed by atoms with Crippen LogP contribution in [0.4, 0.5) is 21.5 Å². The summed E-state index contributed by atoms with van der Waals surface area (Å²) in [5, 5.41) is 7.12. The van der Waals surface area contributed by atoms with Crippen LogP contribution in [0.25, 0.3) is 76.8 Å². The molecule has 0 N–H and O–H groups in total. The molecule has 0 radical (unpaired) electrons. The van der Waals surface area contributed by atoms with Crippen molar-refractivity contribution in [2.45, 2.75) is 0 Å². The van der Waals surface area contributed by atoms with Gasteiger partial charge in [0, 0.05) is 16.9 Å². The van der Waals surface area contributed by atoms with Gasteiger partial charge in [-0.25, -0.2) is 4.39 Å². The zero-order valence-corrected chi connectivity index (χ0v) is 30.6. The Hall–Kier alpha value is -7.29. The molecular formula is C54H36FN. The van der Waals surface area contributed by atoms with Crippen LogP contribution in [0.15, 0.2) is 218 Å². The number of hydrogen-bond acceptors (Lipinski definition) is 1. The monoisotopic (exact) mass is 717 g/mol. The van der Waals surface area contributed by atoms with Gasteiger partial charge in [-0.3, -0.25) is 0 Å². The molecule has 0 aromatic heterocycles. The Morgan fingerprint density at radius 3 is 1.64 bits per heavy atom. The van der Waals surface area contributed by atoms with Crippen LogP contribution in [-0.2, 0) is 0 Å². The highest BCUT2D eigenvalue weighted by atomic mass is 19.1. The lowest BCUT2D eigenvalue weighted by Crippen LogP contribution is -2.11. The molecule has 0 saturated heterocycles. The molecule has 1 nitrogen and oxygen atoms in total. The number of halogens is 1. The SMILES string of the molecule is Fc1cccc(-c2cccc3cccc(-c4ccc(N(c5ccc6c(ccc7ccccc76)c5)c5ccc(-c6ccccc6)cc5-c5ccccc5)cc4)c23)c1. The molecule has 0 fully saturated rings. The lowest BCUT2D eigenvalue weighted by Gasteiger charge is -2.29. The van der Waals surface area contributed by atoms with E-state index in [2.05, 4.69) is 193 Å². The second-order valence-corrected chi connectivity index (χ2v) is 14.3. The Labute approximate surface area is 326 Å². The van der Waals surface area contributed by atoms with Crippen molar-refractivity contribution in [1.29, 1.82) is 0 Å². The molecule has 0 aliphatic rings. The van der Waals surface area contributed by atoms with Crippen LogP contribution in [0, 0.1) is 5.82 Å². The third kappa shape index (κ3) is 6.08. The van der Waals surface area contributed by atoms with Gasteiger partial charge in [-0.2, -0.15) is 0 Å². The summed E-state index contributed by atoms with van der Waals surface area (Å²) in [6.07, 6.45) is 0.